The van der Waals surface area contributed by atoms with Crippen molar-refractivity contribution in [3.8, 4) is 0 Å². The van der Waals surface area contributed by atoms with Gasteiger partial charge in [-0.3, -0.25) is 0 Å². The van der Waals surface area contributed by atoms with E-state index in [0.717, 1.165) is 29.3 Å². The zero-order valence-electron chi connectivity index (χ0n) is 11.0. The van der Waals surface area contributed by atoms with E-state index in [2.05, 4.69) is 20.7 Å². The highest BCUT2D eigenvalue weighted by Crippen LogP contribution is 2.35. The number of nitrogens with one attached hydrogen (secondary N) is 1. The standard InChI is InChI=1S/C14H13BrClNO2S2/c15-9-4-5-14(11(16)8-9)21(18,19)17-12-2-1-3-13-10(12)6-7-20-13/h4-8,12,17H,1-3H2. The summed E-state index contributed by atoms with van der Waals surface area (Å²) in [6, 6.07) is 6.64. The lowest BCUT2D eigenvalue weighted by Gasteiger charge is -2.23. The maximum atomic E-state index is 12.6. The summed E-state index contributed by atoms with van der Waals surface area (Å²) in [7, 11) is -3.63. The number of rotatable bonds is 3. The smallest absolute Gasteiger partial charge is 0.207 e. The molecule has 1 aliphatic rings. The number of thiophene rings is 1. The van der Waals surface area contributed by atoms with Crippen molar-refractivity contribution >= 4 is 48.9 Å². The fourth-order valence-corrected chi connectivity index (χ4v) is 5.83. The average Bonchev–Trinajstić information content (AvgIpc) is 2.87. The van der Waals surface area contributed by atoms with E-state index in [-0.39, 0.29) is 16.0 Å². The number of hydrogen-bond donors (Lipinski definition) is 1. The molecule has 1 unspecified atom stereocenters. The van der Waals surface area contributed by atoms with Gasteiger partial charge in [-0.05, 0) is 54.5 Å². The molecule has 1 N–H and O–H groups in total. The molecule has 1 atom stereocenters. The summed E-state index contributed by atoms with van der Waals surface area (Å²) in [6.07, 6.45) is 2.84. The van der Waals surface area contributed by atoms with Crippen molar-refractivity contribution in [3.05, 3.63) is 49.6 Å². The van der Waals surface area contributed by atoms with E-state index in [1.807, 2.05) is 11.4 Å². The Labute approximate surface area is 141 Å². The number of aryl methyl sites for hydroxylation is 1. The normalized spacial score (nSPS) is 18.5. The minimum Gasteiger partial charge on any atom is -0.207 e. The van der Waals surface area contributed by atoms with Crippen LogP contribution in [0.25, 0.3) is 0 Å². The van der Waals surface area contributed by atoms with E-state index in [1.54, 1.807) is 23.5 Å². The minimum atomic E-state index is -3.63. The Bertz CT molecular complexity index is 773. The number of benzene rings is 1. The van der Waals surface area contributed by atoms with Crippen molar-refractivity contribution in [1.82, 2.24) is 4.72 Å². The van der Waals surface area contributed by atoms with Gasteiger partial charge in [0.15, 0.2) is 0 Å². The molecule has 3 nitrogen and oxygen atoms in total. The lowest BCUT2D eigenvalue weighted by molar-refractivity contribution is 0.511. The first kappa shape index (κ1) is 15.5. The van der Waals surface area contributed by atoms with Gasteiger partial charge < -0.3 is 0 Å². The summed E-state index contributed by atoms with van der Waals surface area (Å²) >= 11 is 11.0. The first-order valence-corrected chi connectivity index (χ1v) is 10.0. The van der Waals surface area contributed by atoms with Crippen molar-refractivity contribution in [3.63, 3.8) is 0 Å². The van der Waals surface area contributed by atoms with Crippen molar-refractivity contribution in [2.24, 2.45) is 0 Å². The molecule has 0 amide bonds. The van der Waals surface area contributed by atoms with Crippen LogP contribution in [0.1, 0.15) is 29.3 Å². The largest absolute Gasteiger partial charge is 0.242 e. The van der Waals surface area contributed by atoms with Gasteiger partial charge in [0.05, 0.1) is 5.02 Å². The molecule has 0 radical (unpaired) electrons. The molecule has 0 bridgehead atoms. The third kappa shape index (κ3) is 3.19. The Kier molecular flexibility index (Phi) is 4.43. The van der Waals surface area contributed by atoms with Crippen LogP contribution in [-0.2, 0) is 16.4 Å². The van der Waals surface area contributed by atoms with E-state index in [9.17, 15) is 8.42 Å². The lowest BCUT2D eigenvalue weighted by Crippen LogP contribution is -2.30. The third-order valence-electron chi connectivity index (χ3n) is 3.53. The number of hydrogen-bond acceptors (Lipinski definition) is 3. The van der Waals surface area contributed by atoms with Gasteiger partial charge in [-0.1, -0.05) is 27.5 Å². The van der Waals surface area contributed by atoms with Gasteiger partial charge in [-0.15, -0.1) is 11.3 Å². The second kappa shape index (κ2) is 6.01. The molecule has 0 fully saturated rings. The van der Waals surface area contributed by atoms with Crippen LogP contribution in [0.3, 0.4) is 0 Å². The van der Waals surface area contributed by atoms with Gasteiger partial charge in [-0.2, -0.15) is 0 Å². The van der Waals surface area contributed by atoms with E-state index in [0.29, 0.717) is 0 Å². The lowest BCUT2D eigenvalue weighted by atomic mass is 9.95. The summed E-state index contributed by atoms with van der Waals surface area (Å²) in [6.45, 7) is 0. The van der Waals surface area contributed by atoms with Gasteiger partial charge in [0, 0.05) is 15.4 Å². The highest BCUT2D eigenvalue weighted by atomic mass is 79.9. The Balaban J connectivity index is 1.91. The Morgan fingerprint density at radius 3 is 2.90 bits per heavy atom. The molecule has 2 aromatic rings. The van der Waals surface area contributed by atoms with Crippen molar-refractivity contribution in [1.29, 1.82) is 0 Å². The molecule has 112 valence electrons. The number of fused-ring (bicyclic) bond motifs is 1. The second-order valence-corrected chi connectivity index (χ2v) is 8.95. The fraction of sp³-hybridized carbons (Fsp3) is 0.286. The van der Waals surface area contributed by atoms with Gasteiger partial charge in [0.1, 0.15) is 4.90 Å². The highest BCUT2D eigenvalue weighted by molar-refractivity contribution is 9.10. The van der Waals surface area contributed by atoms with Crippen LogP contribution in [0, 0.1) is 0 Å². The van der Waals surface area contributed by atoms with E-state index in [1.165, 1.54) is 10.9 Å². The van der Waals surface area contributed by atoms with Crippen LogP contribution in [0.5, 0.6) is 0 Å². The SMILES string of the molecule is O=S(=O)(NC1CCCc2sccc21)c1ccc(Br)cc1Cl. The van der Waals surface area contributed by atoms with Gasteiger partial charge >= 0.3 is 0 Å². The van der Waals surface area contributed by atoms with Crippen LogP contribution < -0.4 is 4.72 Å². The molecular formula is C14H13BrClNO2S2. The minimum absolute atomic E-state index is 0.120. The van der Waals surface area contributed by atoms with Crippen LogP contribution in [0.15, 0.2) is 39.0 Å². The molecule has 1 aromatic carbocycles. The maximum Gasteiger partial charge on any atom is 0.242 e. The quantitative estimate of drug-likeness (QED) is 0.814. The Morgan fingerprint density at radius 1 is 1.33 bits per heavy atom. The zero-order valence-corrected chi connectivity index (χ0v) is 14.9. The molecule has 1 aromatic heterocycles. The topological polar surface area (TPSA) is 46.2 Å². The third-order valence-corrected chi connectivity index (χ3v) is 6.98. The van der Waals surface area contributed by atoms with Gasteiger partial charge in [0.2, 0.25) is 10.0 Å². The Morgan fingerprint density at radius 2 is 2.14 bits per heavy atom. The average molecular weight is 407 g/mol. The van der Waals surface area contributed by atoms with Crippen LogP contribution in [0.2, 0.25) is 5.02 Å². The summed E-state index contributed by atoms with van der Waals surface area (Å²) < 4.78 is 28.7. The first-order chi connectivity index (χ1) is 9.97. The summed E-state index contributed by atoms with van der Waals surface area (Å²) in [5, 5.41) is 2.24. The zero-order chi connectivity index (χ0) is 15.0. The monoisotopic (exact) mass is 405 g/mol. The van der Waals surface area contributed by atoms with E-state index < -0.39 is 10.0 Å². The molecule has 21 heavy (non-hydrogen) atoms. The van der Waals surface area contributed by atoms with E-state index in [4.69, 9.17) is 11.6 Å². The molecule has 0 spiro atoms. The van der Waals surface area contributed by atoms with Crippen molar-refractivity contribution in [2.75, 3.05) is 0 Å². The summed E-state index contributed by atoms with van der Waals surface area (Å²) in [4.78, 5) is 1.39. The van der Waals surface area contributed by atoms with Crippen LogP contribution >= 0.6 is 38.9 Å². The molecular weight excluding hydrogens is 394 g/mol. The van der Waals surface area contributed by atoms with Gasteiger partial charge in [0.25, 0.3) is 0 Å². The van der Waals surface area contributed by atoms with Gasteiger partial charge in [-0.25, -0.2) is 13.1 Å². The fourth-order valence-electron chi connectivity index (χ4n) is 2.55. The molecule has 0 aliphatic heterocycles. The molecule has 0 saturated carbocycles. The van der Waals surface area contributed by atoms with E-state index >= 15 is 0 Å². The first-order valence-electron chi connectivity index (χ1n) is 6.51. The summed E-state index contributed by atoms with van der Waals surface area (Å²) in [5.41, 5.74) is 1.10. The molecule has 7 heteroatoms. The number of halogens is 2. The number of sulfonamides is 1. The van der Waals surface area contributed by atoms with Crippen LogP contribution in [0.4, 0.5) is 0 Å². The molecule has 1 heterocycles. The molecule has 0 saturated heterocycles. The summed E-state index contributed by atoms with van der Waals surface area (Å²) in [5.74, 6) is 0. The predicted octanol–water partition coefficient (Wildman–Crippen LogP) is 4.52. The molecule has 1 aliphatic carbocycles. The van der Waals surface area contributed by atoms with Crippen molar-refractivity contribution in [2.45, 2.75) is 30.2 Å². The predicted molar refractivity (Wildman–Crippen MR) is 89.5 cm³/mol. The van der Waals surface area contributed by atoms with Crippen LogP contribution in [-0.4, -0.2) is 8.42 Å². The maximum absolute atomic E-state index is 12.6. The second-order valence-electron chi connectivity index (χ2n) is 4.94. The molecule has 3 rings (SSSR count). The highest BCUT2D eigenvalue weighted by Gasteiger charge is 2.27. The Hall–Kier alpha value is -0.400. The van der Waals surface area contributed by atoms with Crippen molar-refractivity contribution < 1.29 is 8.42 Å².